The fourth-order valence-electron chi connectivity index (χ4n) is 1.87. The predicted octanol–water partition coefficient (Wildman–Crippen LogP) is 4.11. The minimum Gasteiger partial charge on any atom is -0.444 e. The Bertz CT molecular complexity index is 570. The van der Waals surface area contributed by atoms with Gasteiger partial charge in [0.05, 0.1) is 17.7 Å². The zero-order valence-electron chi connectivity index (χ0n) is 13.6. The van der Waals surface area contributed by atoms with Crippen molar-refractivity contribution in [1.82, 2.24) is 5.32 Å². The van der Waals surface area contributed by atoms with Crippen LogP contribution in [0.4, 0.5) is 4.79 Å². The van der Waals surface area contributed by atoms with Crippen LogP contribution in [0.1, 0.15) is 37.6 Å². The average Bonchev–Trinajstić information content (AvgIpc) is 2.39. The van der Waals surface area contributed by atoms with E-state index in [1.165, 1.54) is 13.2 Å². The van der Waals surface area contributed by atoms with Gasteiger partial charge < -0.3 is 14.8 Å². The topological polar surface area (TPSA) is 64.6 Å². The molecule has 1 atom stereocenters. The molecule has 1 aromatic carbocycles. The van der Waals surface area contributed by atoms with Crippen LogP contribution in [0.15, 0.2) is 18.2 Å². The highest BCUT2D eigenvalue weighted by atomic mass is 35.5. The van der Waals surface area contributed by atoms with E-state index in [0.717, 1.165) is 0 Å². The summed E-state index contributed by atoms with van der Waals surface area (Å²) in [6.07, 6.45) is -0.586. The van der Waals surface area contributed by atoms with E-state index in [1.54, 1.807) is 32.9 Å². The normalized spacial score (nSPS) is 12.6. The van der Waals surface area contributed by atoms with Gasteiger partial charge in [-0.25, -0.2) is 4.79 Å². The molecule has 0 heterocycles. The number of benzene rings is 1. The number of nitrogens with one attached hydrogen (secondary N) is 1. The Morgan fingerprint density at radius 1 is 1.26 bits per heavy atom. The van der Waals surface area contributed by atoms with Crippen molar-refractivity contribution in [2.24, 2.45) is 0 Å². The fourth-order valence-corrected chi connectivity index (χ4v) is 2.27. The second-order valence-corrected chi connectivity index (χ2v) is 6.89. The fraction of sp³-hybridized carbons (Fsp3) is 0.500. The lowest BCUT2D eigenvalue weighted by Gasteiger charge is -2.23. The molecule has 5 nitrogen and oxygen atoms in total. The highest BCUT2D eigenvalue weighted by Gasteiger charge is 2.22. The molecule has 128 valence electrons. The molecule has 0 saturated carbocycles. The SMILES string of the molecule is COCC(CC(=O)c1cc(Cl)ccc1Cl)NC(=O)OC(C)(C)C. The zero-order chi connectivity index (χ0) is 17.6. The lowest BCUT2D eigenvalue weighted by molar-refractivity contribution is 0.0464. The first-order chi connectivity index (χ1) is 10.6. The maximum absolute atomic E-state index is 12.4. The van der Waals surface area contributed by atoms with Crippen molar-refractivity contribution in [3.63, 3.8) is 0 Å². The smallest absolute Gasteiger partial charge is 0.407 e. The Morgan fingerprint density at radius 2 is 1.91 bits per heavy atom. The molecule has 0 saturated heterocycles. The minimum atomic E-state index is -0.623. The number of Topliss-reactive ketones (excluding diaryl/α,β-unsaturated/α-hetero) is 1. The molecular formula is C16H21Cl2NO4. The molecule has 1 rings (SSSR count). The van der Waals surface area contributed by atoms with Gasteiger partial charge in [0.2, 0.25) is 0 Å². The van der Waals surface area contributed by atoms with Crippen molar-refractivity contribution < 1.29 is 19.1 Å². The molecule has 1 amide bonds. The van der Waals surface area contributed by atoms with Crippen LogP contribution in [0.25, 0.3) is 0 Å². The molecule has 0 aliphatic carbocycles. The van der Waals surface area contributed by atoms with Crippen LogP contribution < -0.4 is 5.32 Å². The third kappa shape index (κ3) is 7.20. The summed E-state index contributed by atoms with van der Waals surface area (Å²) in [6.45, 7) is 5.45. The Hall–Kier alpha value is -1.30. The third-order valence-corrected chi connectivity index (χ3v) is 3.31. The van der Waals surface area contributed by atoms with Crippen molar-refractivity contribution in [1.29, 1.82) is 0 Å². The van der Waals surface area contributed by atoms with E-state index >= 15 is 0 Å². The second-order valence-electron chi connectivity index (χ2n) is 6.05. The summed E-state index contributed by atoms with van der Waals surface area (Å²) in [4.78, 5) is 24.2. The number of methoxy groups -OCH3 is 1. The lowest BCUT2D eigenvalue weighted by atomic mass is 10.0. The number of ether oxygens (including phenoxy) is 2. The monoisotopic (exact) mass is 361 g/mol. The molecular weight excluding hydrogens is 341 g/mol. The number of amides is 1. The minimum absolute atomic E-state index is 0.0210. The summed E-state index contributed by atoms with van der Waals surface area (Å²) in [5.41, 5.74) is -0.312. The van der Waals surface area contributed by atoms with Gasteiger partial charge in [-0.15, -0.1) is 0 Å². The molecule has 1 unspecified atom stereocenters. The van der Waals surface area contributed by atoms with Gasteiger partial charge in [0.15, 0.2) is 5.78 Å². The van der Waals surface area contributed by atoms with E-state index in [1.807, 2.05) is 0 Å². The molecule has 1 N–H and O–H groups in total. The van der Waals surface area contributed by atoms with Gasteiger partial charge in [0.1, 0.15) is 5.60 Å². The van der Waals surface area contributed by atoms with Crippen LogP contribution in [0.2, 0.25) is 10.0 Å². The molecule has 0 aliphatic rings. The zero-order valence-corrected chi connectivity index (χ0v) is 15.1. The summed E-state index contributed by atoms with van der Waals surface area (Å²) in [7, 11) is 1.49. The van der Waals surface area contributed by atoms with Gasteiger partial charge in [0.25, 0.3) is 0 Å². The quantitative estimate of drug-likeness (QED) is 0.774. The van der Waals surface area contributed by atoms with Crippen LogP contribution in [0, 0.1) is 0 Å². The maximum Gasteiger partial charge on any atom is 0.407 e. The highest BCUT2D eigenvalue weighted by molar-refractivity contribution is 6.35. The Kier molecular flexibility index (Phi) is 7.32. The summed E-state index contributed by atoms with van der Waals surface area (Å²) >= 11 is 11.9. The molecule has 0 bridgehead atoms. The number of hydrogen-bond donors (Lipinski definition) is 1. The van der Waals surface area contributed by atoms with Gasteiger partial charge in [-0.2, -0.15) is 0 Å². The maximum atomic E-state index is 12.4. The van der Waals surface area contributed by atoms with Crippen molar-refractivity contribution in [2.75, 3.05) is 13.7 Å². The molecule has 0 aliphatic heterocycles. The van der Waals surface area contributed by atoms with Crippen LogP contribution in [0.5, 0.6) is 0 Å². The average molecular weight is 362 g/mol. The van der Waals surface area contributed by atoms with Crippen LogP contribution in [0.3, 0.4) is 0 Å². The third-order valence-electron chi connectivity index (χ3n) is 2.75. The summed E-state index contributed by atoms with van der Waals surface area (Å²) in [6, 6.07) is 4.14. The molecule has 0 fully saturated rings. The summed E-state index contributed by atoms with van der Waals surface area (Å²) in [5, 5.41) is 3.36. The number of halogens is 2. The Labute approximate surface area is 146 Å². The van der Waals surface area contributed by atoms with Gasteiger partial charge in [-0.05, 0) is 39.0 Å². The van der Waals surface area contributed by atoms with Gasteiger partial charge in [-0.3, -0.25) is 4.79 Å². The van der Waals surface area contributed by atoms with E-state index in [-0.39, 0.29) is 18.8 Å². The molecule has 0 spiro atoms. The second kappa shape index (κ2) is 8.52. The van der Waals surface area contributed by atoms with Crippen molar-refractivity contribution in [3.8, 4) is 0 Å². The standard InChI is InChI=1S/C16H21Cl2NO4/c1-16(2,3)23-15(21)19-11(9-22-4)8-14(20)12-7-10(17)5-6-13(12)18/h5-7,11H,8-9H2,1-4H3,(H,19,21). The number of carbonyl (C=O) groups is 2. The Morgan fingerprint density at radius 3 is 2.48 bits per heavy atom. The predicted molar refractivity (Wildman–Crippen MR) is 90.4 cm³/mol. The van der Waals surface area contributed by atoms with Crippen LogP contribution >= 0.6 is 23.2 Å². The number of ketones is 1. The number of carbonyl (C=O) groups excluding carboxylic acids is 2. The molecule has 23 heavy (non-hydrogen) atoms. The number of rotatable bonds is 6. The van der Waals surface area contributed by atoms with Gasteiger partial charge in [0, 0.05) is 24.1 Å². The molecule has 1 aromatic rings. The first-order valence-corrected chi connectivity index (χ1v) is 7.84. The van der Waals surface area contributed by atoms with Gasteiger partial charge >= 0.3 is 6.09 Å². The molecule has 0 radical (unpaired) electrons. The highest BCUT2D eigenvalue weighted by Crippen LogP contribution is 2.22. The first-order valence-electron chi connectivity index (χ1n) is 7.09. The van der Waals surface area contributed by atoms with E-state index in [2.05, 4.69) is 5.32 Å². The Balaban J connectivity index is 2.77. The summed E-state index contributed by atoms with van der Waals surface area (Å²) < 4.78 is 10.2. The number of hydrogen-bond acceptors (Lipinski definition) is 4. The van der Waals surface area contributed by atoms with E-state index in [4.69, 9.17) is 32.7 Å². The van der Waals surface area contributed by atoms with E-state index in [0.29, 0.717) is 15.6 Å². The first kappa shape index (κ1) is 19.7. The molecule has 7 heteroatoms. The van der Waals surface area contributed by atoms with E-state index < -0.39 is 17.7 Å². The van der Waals surface area contributed by atoms with Crippen molar-refractivity contribution in [2.45, 2.75) is 38.8 Å². The van der Waals surface area contributed by atoms with Gasteiger partial charge in [-0.1, -0.05) is 23.2 Å². The molecule has 0 aromatic heterocycles. The van der Waals surface area contributed by atoms with E-state index in [9.17, 15) is 9.59 Å². The van der Waals surface area contributed by atoms with Crippen LogP contribution in [-0.2, 0) is 9.47 Å². The van der Waals surface area contributed by atoms with Crippen molar-refractivity contribution >= 4 is 35.1 Å². The van der Waals surface area contributed by atoms with Crippen molar-refractivity contribution in [3.05, 3.63) is 33.8 Å². The van der Waals surface area contributed by atoms with Crippen LogP contribution in [-0.4, -0.2) is 37.2 Å². The number of alkyl carbamates (subject to hydrolysis) is 1. The summed E-state index contributed by atoms with van der Waals surface area (Å²) in [5.74, 6) is -0.240. The largest absolute Gasteiger partial charge is 0.444 e. The lowest BCUT2D eigenvalue weighted by Crippen LogP contribution is -2.42.